The number of benzene rings is 2. The van der Waals surface area contributed by atoms with Crippen molar-refractivity contribution in [3.63, 3.8) is 0 Å². The van der Waals surface area contributed by atoms with E-state index in [9.17, 15) is 18.3 Å². The highest BCUT2D eigenvalue weighted by atomic mass is 32.2. The average molecular weight is 376 g/mol. The van der Waals surface area contributed by atoms with Gasteiger partial charge in [-0.1, -0.05) is 43.7 Å². The molecule has 0 bridgehead atoms. The summed E-state index contributed by atoms with van der Waals surface area (Å²) in [7, 11) is -3.81. The SMILES string of the molecule is CCCC(C)Nc1ccc(S(=O)(=O)NCc2ccccc2)cc1C(=O)O. The van der Waals surface area contributed by atoms with E-state index < -0.39 is 16.0 Å². The van der Waals surface area contributed by atoms with Crippen LogP contribution in [0.1, 0.15) is 42.6 Å². The van der Waals surface area contributed by atoms with Crippen molar-refractivity contribution in [3.8, 4) is 0 Å². The topological polar surface area (TPSA) is 95.5 Å². The van der Waals surface area contributed by atoms with Gasteiger partial charge in [-0.2, -0.15) is 0 Å². The quantitative estimate of drug-likeness (QED) is 0.623. The molecule has 2 rings (SSSR count). The van der Waals surface area contributed by atoms with Crippen LogP contribution in [0.4, 0.5) is 5.69 Å². The molecule has 0 spiro atoms. The van der Waals surface area contributed by atoms with Crippen LogP contribution in [0.25, 0.3) is 0 Å². The van der Waals surface area contributed by atoms with E-state index in [-0.39, 0.29) is 23.0 Å². The van der Waals surface area contributed by atoms with Crippen molar-refractivity contribution in [3.05, 3.63) is 59.7 Å². The van der Waals surface area contributed by atoms with Crippen LogP contribution in [-0.4, -0.2) is 25.5 Å². The van der Waals surface area contributed by atoms with E-state index in [1.54, 1.807) is 0 Å². The molecular formula is C19H24N2O4S. The third-order valence-corrected chi connectivity index (χ3v) is 5.36. The second-order valence-electron chi connectivity index (χ2n) is 6.16. The van der Waals surface area contributed by atoms with Crippen LogP contribution >= 0.6 is 0 Å². The fourth-order valence-electron chi connectivity index (χ4n) is 2.62. The van der Waals surface area contributed by atoms with Crippen molar-refractivity contribution in [1.29, 1.82) is 0 Å². The van der Waals surface area contributed by atoms with Gasteiger partial charge in [0.1, 0.15) is 0 Å². The van der Waals surface area contributed by atoms with E-state index in [0.717, 1.165) is 18.4 Å². The molecule has 1 unspecified atom stereocenters. The molecule has 0 aliphatic carbocycles. The Hall–Kier alpha value is -2.38. The fourth-order valence-corrected chi connectivity index (χ4v) is 3.67. The highest BCUT2D eigenvalue weighted by Crippen LogP contribution is 2.22. The van der Waals surface area contributed by atoms with E-state index in [4.69, 9.17) is 0 Å². The lowest BCUT2D eigenvalue weighted by atomic mass is 10.1. The first-order valence-electron chi connectivity index (χ1n) is 8.51. The molecule has 0 saturated heterocycles. The standard InChI is InChI=1S/C19H24N2O4S/c1-3-7-14(2)21-18-11-10-16(12-17(18)19(22)23)26(24,25)20-13-15-8-5-4-6-9-15/h4-6,8-12,14,20-21H,3,7,13H2,1-2H3,(H,22,23). The minimum Gasteiger partial charge on any atom is -0.478 e. The van der Waals surface area contributed by atoms with Gasteiger partial charge in [0.15, 0.2) is 0 Å². The lowest BCUT2D eigenvalue weighted by Gasteiger charge is -2.17. The Kier molecular flexibility index (Phi) is 6.76. The predicted molar refractivity (Wildman–Crippen MR) is 102 cm³/mol. The van der Waals surface area contributed by atoms with E-state index in [0.29, 0.717) is 5.69 Å². The Labute approximate surface area is 154 Å². The molecule has 2 aromatic carbocycles. The highest BCUT2D eigenvalue weighted by molar-refractivity contribution is 7.89. The molecule has 0 radical (unpaired) electrons. The number of sulfonamides is 1. The Balaban J connectivity index is 2.23. The van der Waals surface area contributed by atoms with Gasteiger partial charge in [-0.3, -0.25) is 0 Å². The van der Waals surface area contributed by atoms with E-state index in [1.807, 2.05) is 44.2 Å². The summed E-state index contributed by atoms with van der Waals surface area (Å²) in [5, 5.41) is 12.6. The molecule has 0 saturated carbocycles. The first-order chi connectivity index (χ1) is 12.3. The zero-order valence-corrected chi connectivity index (χ0v) is 15.7. The number of hydrogen-bond acceptors (Lipinski definition) is 4. The van der Waals surface area contributed by atoms with Gasteiger partial charge in [-0.15, -0.1) is 0 Å². The Morgan fingerprint density at radius 1 is 1.15 bits per heavy atom. The van der Waals surface area contributed by atoms with Gasteiger partial charge in [0.2, 0.25) is 10.0 Å². The van der Waals surface area contributed by atoms with Gasteiger partial charge in [0.25, 0.3) is 0 Å². The number of nitrogens with one attached hydrogen (secondary N) is 2. The minimum absolute atomic E-state index is 0.0597. The third-order valence-electron chi connectivity index (χ3n) is 3.96. The third kappa shape index (κ3) is 5.31. The van der Waals surface area contributed by atoms with E-state index in [1.165, 1.54) is 18.2 Å². The average Bonchev–Trinajstić information content (AvgIpc) is 2.61. The Bertz CT molecular complexity index is 851. The van der Waals surface area contributed by atoms with E-state index >= 15 is 0 Å². The van der Waals surface area contributed by atoms with Gasteiger partial charge in [0.05, 0.1) is 10.5 Å². The first kappa shape index (κ1) is 19.9. The van der Waals surface area contributed by atoms with Crippen molar-refractivity contribution < 1.29 is 18.3 Å². The Morgan fingerprint density at radius 3 is 2.46 bits per heavy atom. The summed E-state index contributed by atoms with van der Waals surface area (Å²) in [6.07, 6.45) is 1.85. The lowest BCUT2D eigenvalue weighted by Crippen LogP contribution is -2.24. The number of rotatable bonds is 9. The number of carbonyl (C=O) groups is 1. The molecule has 7 heteroatoms. The van der Waals surface area contributed by atoms with Gasteiger partial charge in [0, 0.05) is 18.3 Å². The molecule has 2 aromatic rings. The summed E-state index contributed by atoms with van der Waals surface area (Å²) in [4.78, 5) is 11.5. The molecule has 3 N–H and O–H groups in total. The molecule has 0 amide bonds. The lowest BCUT2D eigenvalue weighted by molar-refractivity contribution is 0.0697. The number of carboxylic acids is 1. The summed E-state index contributed by atoms with van der Waals surface area (Å²) in [6.45, 7) is 4.14. The predicted octanol–water partition coefficient (Wildman–Crippen LogP) is 3.46. The van der Waals surface area contributed by atoms with Crippen LogP contribution in [0.15, 0.2) is 53.4 Å². The molecule has 1 atom stereocenters. The van der Waals surface area contributed by atoms with Crippen molar-refractivity contribution in [2.24, 2.45) is 0 Å². The van der Waals surface area contributed by atoms with Gasteiger partial charge >= 0.3 is 5.97 Å². The number of carboxylic acid groups (broad SMARTS) is 1. The zero-order valence-electron chi connectivity index (χ0n) is 14.9. The first-order valence-corrected chi connectivity index (χ1v) is 9.99. The maximum Gasteiger partial charge on any atom is 0.337 e. The minimum atomic E-state index is -3.81. The van der Waals surface area contributed by atoms with Crippen LogP contribution in [0.2, 0.25) is 0 Å². The maximum absolute atomic E-state index is 12.5. The summed E-state index contributed by atoms with van der Waals surface area (Å²) in [5.41, 5.74) is 1.18. The number of hydrogen-bond donors (Lipinski definition) is 3. The molecule has 0 fully saturated rings. The number of anilines is 1. The van der Waals surface area contributed by atoms with Crippen LogP contribution < -0.4 is 10.0 Å². The zero-order chi connectivity index (χ0) is 19.2. The van der Waals surface area contributed by atoms with Gasteiger partial charge < -0.3 is 10.4 Å². The van der Waals surface area contributed by atoms with Crippen LogP contribution in [0.3, 0.4) is 0 Å². The molecule has 0 aliphatic rings. The van der Waals surface area contributed by atoms with Crippen LogP contribution in [0, 0.1) is 0 Å². The molecule has 0 aliphatic heterocycles. The smallest absolute Gasteiger partial charge is 0.337 e. The molecule has 0 heterocycles. The molecule has 6 nitrogen and oxygen atoms in total. The van der Waals surface area contributed by atoms with Crippen molar-refractivity contribution >= 4 is 21.7 Å². The molecular weight excluding hydrogens is 352 g/mol. The second-order valence-corrected chi connectivity index (χ2v) is 7.92. The van der Waals surface area contributed by atoms with Crippen LogP contribution in [-0.2, 0) is 16.6 Å². The van der Waals surface area contributed by atoms with Crippen molar-refractivity contribution in [2.45, 2.75) is 44.2 Å². The van der Waals surface area contributed by atoms with Crippen molar-refractivity contribution in [1.82, 2.24) is 4.72 Å². The summed E-state index contributed by atoms with van der Waals surface area (Å²) < 4.78 is 27.5. The molecule has 0 aromatic heterocycles. The summed E-state index contributed by atoms with van der Waals surface area (Å²) in [6, 6.07) is 13.3. The summed E-state index contributed by atoms with van der Waals surface area (Å²) >= 11 is 0. The van der Waals surface area contributed by atoms with Gasteiger partial charge in [-0.25, -0.2) is 17.9 Å². The molecule has 140 valence electrons. The largest absolute Gasteiger partial charge is 0.478 e. The van der Waals surface area contributed by atoms with Crippen molar-refractivity contribution in [2.75, 3.05) is 5.32 Å². The number of aromatic carboxylic acids is 1. The fraction of sp³-hybridized carbons (Fsp3) is 0.316. The second kappa shape index (κ2) is 8.82. The van der Waals surface area contributed by atoms with Gasteiger partial charge in [-0.05, 0) is 37.1 Å². The monoisotopic (exact) mass is 376 g/mol. The normalized spacial score (nSPS) is 12.5. The molecule has 26 heavy (non-hydrogen) atoms. The van der Waals surface area contributed by atoms with Crippen LogP contribution in [0.5, 0.6) is 0 Å². The van der Waals surface area contributed by atoms with E-state index in [2.05, 4.69) is 10.0 Å². The Morgan fingerprint density at radius 2 is 1.85 bits per heavy atom. The highest BCUT2D eigenvalue weighted by Gasteiger charge is 2.19. The maximum atomic E-state index is 12.5. The summed E-state index contributed by atoms with van der Waals surface area (Å²) in [5.74, 6) is -1.17.